The Hall–Kier alpha value is -1.27. The summed E-state index contributed by atoms with van der Waals surface area (Å²) in [6.07, 6.45) is 7.63. The van der Waals surface area contributed by atoms with Crippen molar-refractivity contribution in [3.63, 3.8) is 0 Å². The first-order chi connectivity index (χ1) is 11.6. The maximum atomic E-state index is 12.6. The fourth-order valence-electron chi connectivity index (χ4n) is 3.24. The van der Waals surface area contributed by atoms with E-state index in [1.54, 1.807) is 13.2 Å². The summed E-state index contributed by atoms with van der Waals surface area (Å²) in [6.45, 7) is 0.553. The van der Waals surface area contributed by atoms with E-state index in [2.05, 4.69) is 15.9 Å². The number of amides is 2. The van der Waals surface area contributed by atoms with E-state index in [1.165, 1.54) is 24.2 Å². The van der Waals surface area contributed by atoms with Gasteiger partial charge in [0.05, 0.1) is 12.0 Å². The van der Waals surface area contributed by atoms with Crippen LogP contribution in [0.4, 0.5) is 4.79 Å². The minimum atomic E-state index is -0.183. The first kappa shape index (κ1) is 17.5. The summed E-state index contributed by atoms with van der Waals surface area (Å²) in [5.41, 5.74) is 0.787. The summed E-state index contributed by atoms with van der Waals surface area (Å²) < 4.78 is 6.24. The minimum absolute atomic E-state index is 0.161. The standard InChI is InChI=1S/C18H20BrNO3S/c1-23-15-8-7-14(19)9-13(15)10-16-17(21)20(18(22)24-16)11-12-5-3-2-4-6-12/h7-10,12H,2-6,11H2,1H3/b16-10+. The van der Waals surface area contributed by atoms with Crippen LogP contribution in [0.15, 0.2) is 27.6 Å². The first-order valence-electron chi connectivity index (χ1n) is 8.17. The van der Waals surface area contributed by atoms with Crippen molar-refractivity contribution in [3.8, 4) is 5.75 Å². The van der Waals surface area contributed by atoms with Crippen molar-refractivity contribution in [1.82, 2.24) is 4.90 Å². The molecule has 2 amide bonds. The molecule has 2 aliphatic rings. The number of ether oxygens (including phenoxy) is 1. The predicted octanol–water partition coefficient (Wildman–Crippen LogP) is 5.07. The molecule has 0 radical (unpaired) electrons. The van der Waals surface area contributed by atoms with Gasteiger partial charge in [0, 0.05) is 16.6 Å². The van der Waals surface area contributed by atoms with E-state index < -0.39 is 0 Å². The molecule has 0 bridgehead atoms. The molecule has 1 aromatic carbocycles. The van der Waals surface area contributed by atoms with E-state index in [-0.39, 0.29) is 11.1 Å². The van der Waals surface area contributed by atoms with Gasteiger partial charge in [-0.1, -0.05) is 35.2 Å². The van der Waals surface area contributed by atoms with E-state index in [0.29, 0.717) is 23.1 Å². The summed E-state index contributed by atoms with van der Waals surface area (Å²) in [7, 11) is 1.59. The highest BCUT2D eigenvalue weighted by Crippen LogP contribution is 2.36. The Balaban J connectivity index is 1.79. The van der Waals surface area contributed by atoms with Crippen molar-refractivity contribution in [2.75, 3.05) is 13.7 Å². The van der Waals surface area contributed by atoms with Crippen molar-refractivity contribution in [3.05, 3.63) is 33.1 Å². The number of benzene rings is 1. The fraction of sp³-hybridized carbons (Fsp3) is 0.444. The SMILES string of the molecule is COc1ccc(Br)cc1/C=C1/SC(=O)N(CC2CCCCC2)C1=O. The lowest BCUT2D eigenvalue weighted by atomic mass is 9.89. The van der Waals surface area contributed by atoms with Crippen molar-refractivity contribution in [2.24, 2.45) is 5.92 Å². The third-order valence-electron chi connectivity index (χ3n) is 4.52. The molecule has 1 aromatic rings. The van der Waals surface area contributed by atoms with Crippen LogP contribution < -0.4 is 4.74 Å². The molecule has 1 saturated heterocycles. The smallest absolute Gasteiger partial charge is 0.293 e. The molecule has 0 unspecified atom stereocenters. The number of nitrogens with zero attached hydrogens (tertiary/aromatic N) is 1. The predicted molar refractivity (Wildman–Crippen MR) is 99.9 cm³/mol. The maximum absolute atomic E-state index is 12.6. The van der Waals surface area contributed by atoms with Gasteiger partial charge in [0.1, 0.15) is 5.75 Å². The van der Waals surface area contributed by atoms with Gasteiger partial charge in [-0.15, -0.1) is 0 Å². The van der Waals surface area contributed by atoms with Gasteiger partial charge in [-0.05, 0) is 54.8 Å². The molecule has 0 atom stereocenters. The van der Waals surface area contributed by atoms with Gasteiger partial charge in [0.25, 0.3) is 11.1 Å². The van der Waals surface area contributed by atoms with Crippen LogP contribution in [0.5, 0.6) is 5.75 Å². The Labute approximate surface area is 154 Å². The van der Waals surface area contributed by atoms with Gasteiger partial charge in [0.2, 0.25) is 0 Å². The van der Waals surface area contributed by atoms with Crippen LogP contribution in [-0.2, 0) is 4.79 Å². The highest BCUT2D eigenvalue weighted by atomic mass is 79.9. The molecule has 1 aliphatic carbocycles. The third kappa shape index (κ3) is 3.86. The zero-order chi connectivity index (χ0) is 17.1. The number of halogens is 1. The molecule has 6 heteroatoms. The van der Waals surface area contributed by atoms with Crippen LogP contribution in [0, 0.1) is 5.92 Å². The third-order valence-corrected chi connectivity index (χ3v) is 5.92. The molecule has 4 nitrogen and oxygen atoms in total. The van der Waals surface area contributed by atoms with Crippen molar-refractivity contribution in [2.45, 2.75) is 32.1 Å². The van der Waals surface area contributed by atoms with Crippen LogP contribution in [0.25, 0.3) is 6.08 Å². The van der Waals surface area contributed by atoms with E-state index in [9.17, 15) is 9.59 Å². The molecule has 3 rings (SSSR count). The normalized spacial score (nSPS) is 20.9. The Bertz CT molecular complexity index is 683. The fourth-order valence-corrected chi connectivity index (χ4v) is 4.46. The van der Waals surface area contributed by atoms with Gasteiger partial charge >= 0.3 is 0 Å². The molecule has 1 heterocycles. The lowest BCUT2D eigenvalue weighted by Gasteiger charge is -2.25. The average molecular weight is 410 g/mol. The second kappa shape index (κ2) is 7.74. The molecular formula is C18H20BrNO3S. The van der Waals surface area contributed by atoms with E-state index in [4.69, 9.17) is 4.74 Å². The van der Waals surface area contributed by atoms with E-state index >= 15 is 0 Å². The molecule has 2 fully saturated rings. The molecule has 1 saturated carbocycles. The van der Waals surface area contributed by atoms with Gasteiger partial charge in [-0.2, -0.15) is 0 Å². The number of hydrogen-bond acceptors (Lipinski definition) is 4. The van der Waals surface area contributed by atoms with Crippen LogP contribution in [0.3, 0.4) is 0 Å². The minimum Gasteiger partial charge on any atom is -0.496 e. The highest BCUT2D eigenvalue weighted by molar-refractivity contribution is 9.10. The number of thioether (sulfide) groups is 1. The van der Waals surface area contributed by atoms with Crippen molar-refractivity contribution < 1.29 is 14.3 Å². The zero-order valence-electron chi connectivity index (χ0n) is 13.6. The quantitative estimate of drug-likeness (QED) is 0.650. The van der Waals surface area contributed by atoms with Gasteiger partial charge < -0.3 is 4.74 Å². The molecular weight excluding hydrogens is 390 g/mol. The molecule has 128 valence electrons. The highest BCUT2D eigenvalue weighted by Gasteiger charge is 2.36. The Morgan fingerprint density at radius 1 is 1.29 bits per heavy atom. The van der Waals surface area contributed by atoms with Crippen LogP contribution in [-0.4, -0.2) is 29.7 Å². The van der Waals surface area contributed by atoms with Crippen LogP contribution >= 0.6 is 27.7 Å². The number of carbonyl (C=O) groups excluding carboxylic acids is 2. The Morgan fingerprint density at radius 2 is 2.04 bits per heavy atom. The molecule has 24 heavy (non-hydrogen) atoms. The second-order valence-corrected chi connectivity index (χ2v) is 8.09. The summed E-state index contributed by atoms with van der Waals surface area (Å²) in [6, 6.07) is 5.60. The zero-order valence-corrected chi connectivity index (χ0v) is 16.0. The first-order valence-corrected chi connectivity index (χ1v) is 9.78. The monoisotopic (exact) mass is 409 g/mol. The molecule has 0 aromatic heterocycles. The number of imide groups is 1. The van der Waals surface area contributed by atoms with Crippen LogP contribution in [0.1, 0.15) is 37.7 Å². The lowest BCUT2D eigenvalue weighted by Crippen LogP contribution is -2.34. The molecule has 1 aliphatic heterocycles. The maximum Gasteiger partial charge on any atom is 0.293 e. The van der Waals surface area contributed by atoms with Crippen LogP contribution in [0.2, 0.25) is 0 Å². The number of rotatable bonds is 4. The molecule has 0 N–H and O–H groups in total. The van der Waals surface area contributed by atoms with Crippen molar-refractivity contribution >= 4 is 44.9 Å². The topological polar surface area (TPSA) is 46.6 Å². The average Bonchev–Trinajstić information content (AvgIpc) is 2.84. The summed E-state index contributed by atoms with van der Waals surface area (Å²) in [5.74, 6) is 0.946. The van der Waals surface area contributed by atoms with Crippen molar-refractivity contribution in [1.29, 1.82) is 0 Å². The van der Waals surface area contributed by atoms with E-state index in [1.807, 2.05) is 18.2 Å². The largest absolute Gasteiger partial charge is 0.496 e. The lowest BCUT2D eigenvalue weighted by molar-refractivity contribution is -0.123. The second-order valence-electron chi connectivity index (χ2n) is 6.18. The van der Waals surface area contributed by atoms with Gasteiger partial charge in [0.15, 0.2) is 0 Å². The summed E-state index contributed by atoms with van der Waals surface area (Å²) in [4.78, 5) is 26.8. The van der Waals surface area contributed by atoms with Gasteiger partial charge in [-0.25, -0.2) is 0 Å². The van der Waals surface area contributed by atoms with E-state index in [0.717, 1.165) is 34.6 Å². The summed E-state index contributed by atoms with van der Waals surface area (Å²) >= 11 is 4.44. The van der Waals surface area contributed by atoms with Gasteiger partial charge in [-0.3, -0.25) is 14.5 Å². The number of methoxy groups -OCH3 is 1. The number of hydrogen-bond donors (Lipinski definition) is 0. The summed E-state index contributed by atoms with van der Waals surface area (Å²) in [5, 5.41) is -0.161. The Morgan fingerprint density at radius 3 is 2.75 bits per heavy atom. The molecule has 0 spiro atoms. The Kier molecular flexibility index (Phi) is 5.66. The number of carbonyl (C=O) groups is 2.